The predicted octanol–water partition coefficient (Wildman–Crippen LogP) is 2.70. The van der Waals surface area contributed by atoms with Gasteiger partial charge in [-0.3, -0.25) is 4.99 Å². The molecule has 0 aliphatic carbocycles. The van der Waals surface area contributed by atoms with Crippen LogP contribution in [0.2, 0.25) is 0 Å². The van der Waals surface area contributed by atoms with Gasteiger partial charge in [-0.25, -0.2) is 9.59 Å². The van der Waals surface area contributed by atoms with Gasteiger partial charge in [-0.2, -0.15) is 0 Å². The number of rotatable bonds is 4. The fraction of sp³-hybridized carbons (Fsp3) is 0.211. The van der Waals surface area contributed by atoms with E-state index in [-0.39, 0.29) is 0 Å². The fourth-order valence-corrected chi connectivity index (χ4v) is 2.58. The summed E-state index contributed by atoms with van der Waals surface area (Å²) in [4.78, 5) is 23.6. The number of fused-ring (bicyclic) bond motifs is 1. The predicted molar refractivity (Wildman–Crippen MR) is 97.9 cm³/mol. The normalized spacial score (nSPS) is 12.6. The van der Waals surface area contributed by atoms with E-state index in [1.54, 1.807) is 7.11 Å². The number of methoxy groups -OCH3 is 1. The minimum Gasteiger partial charge on any atom is -0.497 e. The lowest BCUT2D eigenvalue weighted by Crippen LogP contribution is -2.16. The molecule has 2 aromatic rings. The minimum absolute atomic E-state index is 0.558. The molecule has 3 rings (SSSR count). The van der Waals surface area contributed by atoms with Crippen LogP contribution in [-0.2, 0) is 16.1 Å². The molecule has 7 nitrogen and oxygen atoms in total. The Morgan fingerprint density at radius 1 is 1.04 bits per heavy atom. The van der Waals surface area contributed by atoms with Gasteiger partial charge in [0.15, 0.2) is 0 Å². The third-order valence-electron chi connectivity index (χ3n) is 3.78. The van der Waals surface area contributed by atoms with Crippen molar-refractivity contribution in [1.29, 1.82) is 0 Å². The first-order valence-electron chi connectivity index (χ1n) is 7.91. The molecular weight excluding hydrogens is 336 g/mol. The Morgan fingerprint density at radius 3 is 2.15 bits per heavy atom. The second-order valence-electron chi connectivity index (χ2n) is 5.46. The molecule has 0 spiro atoms. The average Bonchev–Trinajstić information content (AvgIpc) is 3.06. The van der Waals surface area contributed by atoms with Gasteiger partial charge in [-0.1, -0.05) is 0 Å². The molecular formula is C19H20N2O5. The molecule has 2 heterocycles. The Hall–Kier alpha value is -3.35. The maximum atomic E-state index is 9.55. The molecule has 0 atom stereocenters. The first-order chi connectivity index (χ1) is 12.4. The topological polar surface area (TPSA) is 101 Å². The Kier molecular flexibility index (Phi) is 6.32. The lowest BCUT2D eigenvalue weighted by Gasteiger charge is -2.17. The maximum Gasteiger partial charge on any atom is 0.328 e. The summed E-state index contributed by atoms with van der Waals surface area (Å²) in [6.07, 6.45) is 1.12. The highest BCUT2D eigenvalue weighted by Crippen LogP contribution is 2.26. The molecule has 1 aliphatic heterocycles. The zero-order chi connectivity index (χ0) is 19.1. The lowest BCUT2D eigenvalue weighted by atomic mass is 10.1. The zero-order valence-corrected chi connectivity index (χ0v) is 14.5. The summed E-state index contributed by atoms with van der Waals surface area (Å²) in [5, 5.41) is 15.6. The molecule has 2 N–H and O–H groups in total. The van der Waals surface area contributed by atoms with Crippen LogP contribution in [0.15, 0.2) is 53.5 Å². The molecule has 1 aromatic carbocycles. The molecule has 0 unspecified atom stereocenters. The molecule has 26 heavy (non-hydrogen) atoms. The van der Waals surface area contributed by atoms with Crippen LogP contribution in [0.3, 0.4) is 0 Å². The third-order valence-corrected chi connectivity index (χ3v) is 3.78. The third kappa shape index (κ3) is 4.83. The zero-order valence-electron chi connectivity index (χ0n) is 14.5. The van der Waals surface area contributed by atoms with Gasteiger partial charge >= 0.3 is 11.9 Å². The van der Waals surface area contributed by atoms with Crippen molar-refractivity contribution in [3.63, 3.8) is 0 Å². The van der Waals surface area contributed by atoms with Gasteiger partial charge in [0, 0.05) is 24.4 Å². The van der Waals surface area contributed by atoms with Crippen molar-refractivity contribution in [2.24, 2.45) is 4.99 Å². The van der Waals surface area contributed by atoms with Crippen molar-refractivity contribution in [3.05, 3.63) is 54.2 Å². The van der Waals surface area contributed by atoms with Gasteiger partial charge in [0.1, 0.15) is 5.75 Å². The van der Waals surface area contributed by atoms with E-state index in [0.29, 0.717) is 12.2 Å². The number of aromatic nitrogens is 1. The van der Waals surface area contributed by atoms with Crippen LogP contribution >= 0.6 is 0 Å². The standard InChI is InChI=1S/C15H16N2O.C4H4O4/c1-11-14-7-8-15(17(14)10-9-16-11)12-3-5-13(18-2)6-4-12;5-3(6)1-2-4(7)8/h3-8H,9-10H2,1-2H3;1-2H,(H,5,6)(H,7,8)/b;2-1+. The number of ether oxygens (including phenoxy) is 1. The summed E-state index contributed by atoms with van der Waals surface area (Å²) in [7, 11) is 1.69. The smallest absolute Gasteiger partial charge is 0.328 e. The van der Waals surface area contributed by atoms with Crippen LogP contribution in [0, 0.1) is 0 Å². The van der Waals surface area contributed by atoms with Crippen molar-refractivity contribution in [3.8, 4) is 17.0 Å². The van der Waals surface area contributed by atoms with Gasteiger partial charge in [-0.05, 0) is 48.9 Å². The molecule has 0 bridgehead atoms. The van der Waals surface area contributed by atoms with Crippen LogP contribution in [-0.4, -0.2) is 46.1 Å². The van der Waals surface area contributed by atoms with Crippen molar-refractivity contribution in [1.82, 2.24) is 4.57 Å². The van der Waals surface area contributed by atoms with E-state index in [4.69, 9.17) is 14.9 Å². The number of aliphatic imine (C=N–C) groups is 1. The lowest BCUT2D eigenvalue weighted by molar-refractivity contribution is -0.134. The Balaban J connectivity index is 0.000000260. The van der Waals surface area contributed by atoms with Crippen molar-refractivity contribution < 1.29 is 24.5 Å². The molecule has 0 amide bonds. The molecule has 0 radical (unpaired) electrons. The highest BCUT2D eigenvalue weighted by molar-refractivity contribution is 5.98. The van der Waals surface area contributed by atoms with Gasteiger partial charge < -0.3 is 19.5 Å². The highest BCUT2D eigenvalue weighted by Gasteiger charge is 2.14. The fourth-order valence-electron chi connectivity index (χ4n) is 2.58. The Bertz CT molecular complexity index is 831. The van der Waals surface area contributed by atoms with Gasteiger partial charge in [0.05, 0.1) is 25.1 Å². The molecule has 1 aromatic heterocycles. The van der Waals surface area contributed by atoms with E-state index in [2.05, 4.69) is 40.7 Å². The van der Waals surface area contributed by atoms with Crippen LogP contribution in [0.1, 0.15) is 12.6 Å². The summed E-state index contributed by atoms with van der Waals surface area (Å²) in [6, 6.07) is 12.5. The first-order valence-corrected chi connectivity index (χ1v) is 7.91. The van der Waals surface area contributed by atoms with Crippen molar-refractivity contribution >= 4 is 17.7 Å². The second kappa shape index (κ2) is 8.66. The van der Waals surface area contributed by atoms with E-state index in [9.17, 15) is 9.59 Å². The maximum absolute atomic E-state index is 9.55. The monoisotopic (exact) mass is 356 g/mol. The summed E-state index contributed by atoms with van der Waals surface area (Å²) in [6.45, 7) is 3.90. The molecule has 0 saturated carbocycles. The largest absolute Gasteiger partial charge is 0.497 e. The van der Waals surface area contributed by atoms with Crippen LogP contribution in [0.25, 0.3) is 11.3 Å². The average molecular weight is 356 g/mol. The Morgan fingerprint density at radius 2 is 1.62 bits per heavy atom. The number of carbonyl (C=O) groups is 2. The quantitative estimate of drug-likeness (QED) is 0.820. The van der Waals surface area contributed by atoms with Crippen LogP contribution in [0.4, 0.5) is 0 Å². The van der Waals surface area contributed by atoms with E-state index in [1.807, 2.05) is 12.1 Å². The van der Waals surface area contributed by atoms with Crippen LogP contribution in [0.5, 0.6) is 5.75 Å². The van der Waals surface area contributed by atoms with Crippen molar-refractivity contribution in [2.75, 3.05) is 13.7 Å². The van der Waals surface area contributed by atoms with Gasteiger partial charge in [0.25, 0.3) is 0 Å². The number of carboxylic acids is 2. The molecule has 1 aliphatic rings. The molecule has 136 valence electrons. The number of benzene rings is 1. The van der Waals surface area contributed by atoms with Gasteiger partial charge in [-0.15, -0.1) is 0 Å². The number of hydrogen-bond donors (Lipinski definition) is 2. The molecule has 7 heteroatoms. The SMILES string of the molecule is COc1ccc(-c2ccc3n2CCN=C3C)cc1.O=C(O)/C=C/C(=O)O. The van der Waals surface area contributed by atoms with Gasteiger partial charge in [0.2, 0.25) is 0 Å². The molecule has 0 fully saturated rings. The summed E-state index contributed by atoms with van der Waals surface area (Å²) >= 11 is 0. The summed E-state index contributed by atoms with van der Waals surface area (Å²) in [5.74, 6) is -1.62. The second-order valence-corrected chi connectivity index (χ2v) is 5.46. The Labute approximate surface area is 150 Å². The van der Waals surface area contributed by atoms with Crippen molar-refractivity contribution in [2.45, 2.75) is 13.5 Å². The van der Waals surface area contributed by atoms with E-state index < -0.39 is 11.9 Å². The molecule has 0 saturated heterocycles. The summed E-state index contributed by atoms with van der Waals surface area (Å²) in [5.41, 5.74) is 4.83. The number of hydrogen-bond acceptors (Lipinski definition) is 4. The first kappa shape index (κ1) is 19.0. The summed E-state index contributed by atoms with van der Waals surface area (Å²) < 4.78 is 7.53. The number of nitrogens with zero attached hydrogens (tertiary/aromatic N) is 2. The minimum atomic E-state index is -1.26. The highest BCUT2D eigenvalue weighted by atomic mass is 16.5. The van der Waals surface area contributed by atoms with E-state index in [1.165, 1.54) is 17.0 Å². The van der Waals surface area contributed by atoms with Crippen LogP contribution < -0.4 is 4.74 Å². The van der Waals surface area contributed by atoms with E-state index >= 15 is 0 Å². The van der Waals surface area contributed by atoms with E-state index in [0.717, 1.165) is 24.6 Å². The number of aliphatic carboxylic acids is 2. The number of carboxylic acid groups (broad SMARTS) is 2.